The Balaban J connectivity index is 1.25. The molecule has 0 aromatic heterocycles. The standard InChI is InChI=1S/C57H68Cl2N6O22/c1-28-44(62-64-60)54(79-38(46(28)70)24-74-32(5)66)85-49-31(4)51(84-53(72)35-16-12-9-13-17-35)57(82-41(49)27-77-43(69)23-59)87-47-29(2)45(63-65-61)55(80-39(47)25-75-33(6)67)86-48-30(3)50(83-52(71)34-14-10-8-11-15-34)56(81-40(48)26-76-42(68)22-58)78-37-20-18-36(73-7)19-21-37/h8-21,28-31,38-41,44-51,54-57,70H,22-27H2,1-7H3/t28-,29-,30+,31+,38?,39?,40?,41?,44?,45?,46+,47+,48+,49+,50?,51?,54+,55-,56-,57+/m1/s1. The van der Waals surface area contributed by atoms with Crippen LogP contribution in [-0.4, -0.2) is 185 Å². The molecule has 4 heterocycles. The van der Waals surface area contributed by atoms with E-state index in [1.807, 2.05) is 0 Å². The quantitative estimate of drug-likeness (QED) is 0.0235. The third-order valence-electron chi connectivity index (χ3n) is 15.0. The molecule has 4 saturated heterocycles. The van der Waals surface area contributed by atoms with Gasteiger partial charge in [0.05, 0.1) is 54.7 Å². The number of aliphatic hydroxyl groups is 1. The second kappa shape index (κ2) is 32.3. The van der Waals surface area contributed by atoms with Gasteiger partial charge in [-0.2, -0.15) is 0 Å². The van der Waals surface area contributed by atoms with Crippen molar-refractivity contribution in [2.24, 2.45) is 33.9 Å². The van der Waals surface area contributed by atoms with Gasteiger partial charge in [0, 0.05) is 35.5 Å². The van der Waals surface area contributed by atoms with E-state index in [1.54, 1.807) is 100 Å². The minimum Gasteiger partial charge on any atom is -0.497 e. The van der Waals surface area contributed by atoms with Crippen LogP contribution in [0.2, 0.25) is 0 Å². The highest BCUT2D eigenvalue weighted by molar-refractivity contribution is 6.26. The molecule has 0 amide bonds. The molecule has 7 rings (SSSR count). The van der Waals surface area contributed by atoms with Gasteiger partial charge in [0.1, 0.15) is 74.1 Å². The Morgan fingerprint density at radius 2 is 0.885 bits per heavy atom. The summed E-state index contributed by atoms with van der Waals surface area (Å²) in [7, 11) is 1.49. The molecule has 4 aliphatic rings. The van der Waals surface area contributed by atoms with Crippen LogP contribution in [0.4, 0.5) is 0 Å². The molecule has 20 atom stereocenters. The van der Waals surface area contributed by atoms with Crippen molar-refractivity contribution in [3.8, 4) is 11.5 Å². The fourth-order valence-corrected chi connectivity index (χ4v) is 10.6. The van der Waals surface area contributed by atoms with Crippen molar-refractivity contribution in [2.75, 3.05) is 45.3 Å². The number of methoxy groups -OCH3 is 1. The SMILES string of the molecule is COc1ccc(O[C@@H]2OC(COC(=O)CCl)[C@@H](O[C@H]3OC(COC(C)=O)[C@@H](O[C@@H]4OC(COC(=O)CCl)[C@@H](O[C@@H]5OC(COC(C)=O)[C@@H](O)[C@H](C)C5N=[N+]=[N-])[C@H](C)C4OC(=O)c4ccccc4)[C@H](C)C3N=[N+]=[N-])[C@H](C)C2OC(=O)c2ccccc2)cc1. The van der Waals surface area contributed by atoms with E-state index < -0.39 is 196 Å². The Hall–Kier alpha value is -7.04. The lowest BCUT2D eigenvalue weighted by molar-refractivity contribution is -0.361. The molecule has 0 aliphatic carbocycles. The molecule has 0 spiro atoms. The van der Waals surface area contributed by atoms with Gasteiger partial charge in [0.15, 0.2) is 31.1 Å². The van der Waals surface area contributed by atoms with Gasteiger partial charge < -0.3 is 76.2 Å². The first-order valence-electron chi connectivity index (χ1n) is 27.7. The number of carbonyl (C=O) groups excluding carboxylic acids is 6. The van der Waals surface area contributed by atoms with Gasteiger partial charge in [0.2, 0.25) is 6.29 Å². The number of hydrogen-bond acceptors (Lipinski definition) is 24. The van der Waals surface area contributed by atoms with Crippen molar-refractivity contribution in [3.63, 3.8) is 0 Å². The van der Waals surface area contributed by atoms with E-state index in [1.165, 1.54) is 19.2 Å². The molecule has 0 bridgehead atoms. The highest BCUT2D eigenvalue weighted by atomic mass is 35.5. The Kier molecular flexibility index (Phi) is 25.0. The number of alkyl halides is 2. The van der Waals surface area contributed by atoms with E-state index in [-0.39, 0.29) is 16.9 Å². The molecule has 472 valence electrons. The average molecular weight is 1260 g/mol. The monoisotopic (exact) mass is 1260 g/mol. The predicted molar refractivity (Wildman–Crippen MR) is 299 cm³/mol. The maximum atomic E-state index is 14.2. The number of rotatable bonds is 25. The minimum absolute atomic E-state index is 0.104. The zero-order chi connectivity index (χ0) is 62.9. The van der Waals surface area contributed by atoms with Crippen LogP contribution in [0.1, 0.15) is 62.3 Å². The van der Waals surface area contributed by atoms with Crippen LogP contribution in [0.3, 0.4) is 0 Å². The summed E-state index contributed by atoms with van der Waals surface area (Å²) in [6, 6.07) is 19.9. The largest absolute Gasteiger partial charge is 0.497 e. The summed E-state index contributed by atoms with van der Waals surface area (Å²) in [6.07, 6.45) is -19.4. The van der Waals surface area contributed by atoms with E-state index in [4.69, 9.17) is 94.3 Å². The van der Waals surface area contributed by atoms with E-state index in [2.05, 4.69) is 20.1 Å². The van der Waals surface area contributed by atoms with Crippen molar-refractivity contribution in [1.82, 2.24) is 0 Å². The molecule has 3 aromatic rings. The van der Waals surface area contributed by atoms with Crippen LogP contribution in [0.25, 0.3) is 20.9 Å². The highest BCUT2D eigenvalue weighted by Gasteiger charge is 2.56. The summed E-state index contributed by atoms with van der Waals surface area (Å²) in [6.45, 7) is 6.68. The highest BCUT2D eigenvalue weighted by Crippen LogP contribution is 2.42. The average Bonchev–Trinajstić information content (AvgIpc) is 3.08. The molecule has 30 heteroatoms. The number of benzene rings is 3. The molecule has 87 heavy (non-hydrogen) atoms. The first-order valence-corrected chi connectivity index (χ1v) is 28.7. The molecule has 4 aliphatic heterocycles. The number of nitrogens with zero attached hydrogens (tertiary/aromatic N) is 6. The van der Waals surface area contributed by atoms with Crippen LogP contribution in [-0.2, 0) is 80.8 Å². The maximum absolute atomic E-state index is 14.2. The van der Waals surface area contributed by atoms with E-state index >= 15 is 0 Å². The molecule has 0 saturated carbocycles. The molecule has 0 radical (unpaired) electrons. The molecular weight excluding hydrogens is 1190 g/mol. The fraction of sp³-hybridized carbons (Fsp3) is 0.579. The number of azide groups is 2. The maximum Gasteiger partial charge on any atom is 0.338 e. The first-order chi connectivity index (χ1) is 41.8. The lowest BCUT2D eigenvalue weighted by atomic mass is 9.86. The molecule has 8 unspecified atom stereocenters. The van der Waals surface area contributed by atoms with Gasteiger partial charge in [0.25, 0.3) is 0 Å². The molecular formula is C57H68Cl2N6O22. The van der Waals surface area contributed by atoms with Crippen LogP contribution in [0.5, 0.6) is 11.5 Å². The Morgan fingerprint density at radius 3 is 1.33 bits per heavy atom. The zero-order valence-electron chi connectivity index (χ0n) is 48.3. The number of hydrogen-bond donors (Lipinski definition) is 1. The van der Waals surface area contributed by atoms with Gasteiger partial charge in [-0.25, -0.2) is 9.59 Å². The van der Waals surface area contributed by atoms with Crippen molar-refractivity contribution in [1.29, 1.82) is 0 Å². The summed E-state index contributed by atoms with van der Waals surface area (Å²) in [4.78, 5) is 84.1. The smallest absolute Gasteiger partial charge is 0.338 e. The first kappa shape index (κ1) is 67.5. The zero-order valence-corrected chi connectivity index (χ0v) is 49.8. The summed E-state index contributed by atoms with van der Waals surface area (Å²) in [5, 5.41) is 19.2. The third kappa shape index (κ3) is 17.6. The van der Waals surface area contributed by atoms with E-state index in [0.29, 0.717) is 5.75 Å². The molecule has 4 fully saturated rings. The molecule has 3 aromatic carbocycles. The number of halogens is 2. The van der Waals surface area contributed by atoms with Gasteiger partial charge in [-0.15, -0.1) is 23.2 Å². The summed E-state index contributed by atoms with van der Waals surface area (Å²) in [5.41, 5.74) is 20.2. The van der Waals surface area contributed by atoms with Gasteiger partial charge in [-0.3, -0.25) is 19.2 Å². The number of ether oxygens (including phenoxy) is 15. The van der Waals surface area contributed by atoms with E-state index in [0.717, 1.165) is 13.8 Å². The van der Waals surface area contributed by atoms with Crippen LogP contribution >= 0.6 is 23.2 Å². The van der Waals surface area contributed by atoms with E-state index in [9.17, 15) is 44.9 Å². The number of carbonyl (C=O) groups is 6. The Morgan fingerprint density at radius 1 is 0.506 bits per heavy atom. The second-order valence-corrected chi connectivity index (χ2v) is 21.3. The van der Waals surface area contributed by atoms with Crippen molar-refractivity contribution in [3.05, 3.63) is 117 Å². The number of aliphatic hydroxyl groups excluding tert-OH is 1. The van der Waals surface area contributed by atoms with Crippen LogP contribution < -0.4 is 9.47 Å². The summed E-state index contributed by atoms with van der Waals surface area (Å²) in [5.74, 6) is -8.96. The van der Waals surface area contributed by atoms with Crippen molar-refractivity contribution in [2.45, 2.75) is 140 Å². The lowest BCUT2D eigenvalue weighted by Gasteiger charge is -2.51. The second-order valence-electron chi connectivity index (χ2n) is 20.8. The summed E-state index contributed by atoms with van der Waals surface area (Å²) >= 11 is 11.7. The number of esters is 6. The normalized spacial score (nSPS) is 32.1. The third-order valence-corrected chi connectivity index (χ3v) is 15.5. The van der Waals surface area contributed by atoms with Crippen LogP contribution in [0, 0.1) is 23.7 Å². The predicted octanol–water partition coefficient (Wildman–Crippen LogP) is 6.53. The minimum atomic E-state index is -1.68. The molecule has 1 N–H and O–H groups in total. The molecule has 28 nitrogen and oxygen atoms in total. The van der Waals surface area contributed by atoms with Crippen molar-refractivity contribution >= 4 is 59.0 Å². The summed E-state index contributed by atoms with van der Waals surface area (Å²) < 4.78 is 92.1. The van der Waals surface area contributed by atoms with Gasteiger partial charge >= 0.3 is 35.8 Å². The van der Waals surface area contributed by atoms with Gasteiger partial charge in [-0.1, -0.05) is 74.3 Å². The van der Waals surface area contributed by atoms with Crippen molar-refractivity contribution < 1.29 is 105 Å². The Labute approximate surface area is 509 Å². The lowest BCUT2D eigenvalue weighted by Crippen LogP contribution is -2.64. The van der Waals surface area contributed by atoms with Gasteiger partial charge in [-0.05, 0) is 71.4 Å². The fourth-order valence-electron chi connectivity index (χ4n) is 10.4. The Bertz CT molecular complexity index is 2890. The van der Waals surface area contributed by atoms with Crippen LogP contribution in [0.15, 0.2) is 95.2 Å². The topological polar surface area (TPSA) is 359 Å².